The first-order valence-corrected chi connectivity index (χ1v) is 7.60. The van der Waals surface area contributed by atoms with E-state index in [1.165, 1.54) is 13.4 Å². The van der Waals surface area contributed by atoms with Crippen LogP contribution in [0.5, 0.6) is 0 Å². The molecule has 0 saturated carbocycles. The summed E-state index contributed by atoms with van der Waals surface area (Å²) in [5.41, 5.74) is 2.14. The van der Waals surface area contributed by atoms with Gasteiger partial charge < -0.3 is 18.5 Å². The Bertz CT molecular complexity index is 583. The number of aromatic nitrogens is 2. The molecule has 2 aromatic rings. The van der Waals surface area contributed by atoms with Crippen molar-refractivity contribution < 1.29 is 56.0 Å². The Labute approximate surface area is 167 Å². The first-order chi connectivity index (χ1) is 11.2. The second-order valence-corrected chi connectivity index (χ2v) is 4.67. The largest absolute Gasteiger partial charge is 0.469 e. The van der Waals surface area contributed by atoms with Crippen molar-refractivity contribution in [2.75, 3.05) is 20.8 Å². The molecular weight excluding hydrogens is 389 g/mol. The predicted molar refractivity (Wildman–Crippen MR) is 84.0 cm³/mol. The monoisotopic (exact) mass is 413 g/mol. The van der Waals surface area contributed by atoms with Gasteiger partial charge in [-0.15, -0.1) is 0 Å². The third-order valence-corrected chi connectivity index (χ3v) is 3.33. The van der Waals surface area contributed by atoms with Crippen LogP contribution < -0.4 is 0 Å². The number of carbonyl (C=O) groups is 1. The molecule has 1 atom stereocenters. The molecule has 8 heteroatoms. The number of ether oxygens (including phenoxy) is 2. The van der Waals surface area contributed by atoms with Crippen LogP contribution in [0.1, 0.15) is 43.9 Å². The summed E-state index contributed by atoms with van der Waals surface area (Å²) in [6.07, 6.45) is 2.34. The smallest absolute Gasteiger partial charge is 0.306 e. The minimum absolute atomic E-state index is 0. The summed E-state index contributed by atoms with van der Waals surface area (Å²) >= 11 is 0. The van der Waals surface area contributed by atoms with Crippen LogP contribution in [-0.4, -0.2) is 37.1 Å². The maximum absolute atomic E-state index is 11.6. The molecule has 0 amide bonds. The molecule has 0 aliphatic rings. The molecule has 1 radical (unpaired) electrons. The van der Waals surface area contributed by atoms with Crippen molar-refractivity contribution in [2.24, 2.45) is 0 Å². The number of hydrogen-bond donors (Lipinski definition) is 0. The molecule has 0 fully saturated rings. The minimum Gasteiger partial charge on any atom is -0.469 e. The Hall–Kier alpha value is -1.05. The third kappa shape index (κ3) is 6.11. The summed E-state index contributed by atoms with van der Waals surface area (Å²) in [6, 6.07) is 1.70. The van der Waals surface area contributed by atoms with Crippen molar-refractivity contribution in [1.82, 2.24) is 10.3 Å². The second kappa shape index (κ2) is 12.3. The van der Waals surface area contributed by atoms with E-state index in [1.54, 1.807) is 13.2 Å². The first-order valence-electron chi connectivity index (χ1n) is 7.60. The van der Waals surface area contributed by atoms with Crippen LogP contribution in [0.15, 0.2) is 21.4 Å². The molecule has 2 aromatic heterocycles. The van der Waals surface area contributed by atoms with E-state index in [1.807, 2.05) is 20.8 Å². The molecule has 0 aromatic carbocycles. The van der Waals surface area contributed by atoms with Crippen LogP contribution in [0.3, 0.4) is 0 Å². The van der Waals surface area contributed by atoms with E-state index >= 15 is 0 Å². The predicted octanol–water partition coefficient (Wildman–Crippen LogP) is 3.34. The van der Waals surface area contributed by atoms with E-state index in [9.17, 15) is 4.79 Å². The topological polar surface area (TPSA) is 87.6 Å². The van der Waals surface area contributed by atoms with Crippen molar-refractivity contribution in [3.63, 3.8) is 0 Å². The molecule has 0 saturated heterocycles. The molecule has 2 heterocycles. The van der Waals surface area contributed by atoms with Crippen LogP contribution >= 0.6 is 0 Å². The molecule has 0 aliphatic carbocycles. The van der Waals surface area contributed by atoms with Crippen molar-refractivity contribution >= 4 is 5.97 Å². The maximum atomic E-state index is 11.6. The number of rotatable bonds is 7. The zero-order chi connectivity index (χ0) is 17.2. The summed E-state index contributed by atoms with van der Waals surface area (Å²) < 4.78 is 20.0. The van der Waals surface area contributed by atoms with Gasteiger partial charge in [0.1, 0.15) is 6.26 Å². The van der Waals surface area contributed by atoms with E-state index in [-0.39, 0.29) is 51.0 Å². The summed E-state index contributed by atoms with van der Waals surface area (Å²) in [7, 11) is 2.98. The number of carbonyl (C=O) groups excluding carboxylic acids is 1. The van der Waals surface area contributed by atoms with E-state index in [2.05, 4.69) is 10.3 Å². The Kier molecular flexibility index (Phi) is 11.8. The molecule has 0 spiro atoms. The summed E-state index contributed by atoms with van der Waals surface area (Å²) in [5, 5.41) is 7.93. The van der Waals surface area contributed by atoms with E-state index < -0.39 is 0 Å². The fourth-order valence-electron chi connectivity index (χ4n) is 2.18. The van der Waals surface area contributed by atoms with Gasteiger partial charge >= 0.3 is 5.97 Å². The summed E-state index contributed by atoms with van der Waals surface area (Å²) in [4.78, 5) is 11.6. The Morgan fingerprint density at radius 2 is 2.00 bits per heavy atom. The van der Waals surface area contributed by atoms with E-state index in [4.69, 9.17) is 18.5 Å². The minimum atomic E-state index is -0.290. The third-order valence-electron chi connectivity index (χ3n) is 3.33. The number of nitrogens with zero attached hydrogens (tertiary/aromatic N) is 2. The number of methoxy groups -OCH3 is 2. The Morgan fingerprint density at radius 3 is 2.54 bits per heavy atom. The van der Waals surface area contributed by atoms with Crippen LogP contribution in [0.25, 0.3) is 11.5 Å². The van der Waals surface area contributed by atoms with E-state index in [0.717, 1.165) is 11.3 Å². The Balaban J connectivity index is 0.00000170. The van der Waals surface area contributed by atoms with Gasteiger partial charge in [0.05, 0.1) is 19.2 Å². The van der Waals surface area contributed by atoms with Crippen molar-refractivity contribution in [3.8, 4) is 11.5 Å². The van der Waals surface area contributed by atoms with Crippen LogP contribution in [0, 0.1) is 6.92 Å². The van der Waals surface area contributed by atoms with Crippen LogP contribution in [0.2, 0.25) is 0 Å². The molecule has 131 valence electrons. The van der Waals surface area contributed by atoms with Gasteiger partial charge in [0.2, 0.25) is 0 Å². The molecule has 0 bridgehead atoms. The van der Waals surface area contributed by atoms with Gasteiger partial charge in [-0.2, -0.15) is 0 Å². The summed E-state index contributed by atoms with van der Waals surface area (Å²) in [6.45, 7) is 6.40. The zero-order valence-electron chi connectivity index (χ0n) is 14.9. The van der Waals surface area contributed by atoms with Gasteiger partial charge in [0.15, 0.2) is 11.5 Å². The molecule has 1 unspecified atom stereocenters. The Morgan fingerprint density at radius 1 is 1.29 bits per heavy atom. The van der Waals surface area contributed by atoms with Gasteiger partial charge in [-0.25, -0.2) is 0 Å². The van der Waals surface area contributed by atoms with Crippen molar-refractivity contribution in [1.29, 1.82) is 0 Å². The fourth-order valence-corrected chi connectivity index (χ4v) is 2.18. The van der Waals surface area contributed by atoms with Crippen molar-refractivity contribution in [3.05, 3.63) is 23.6 Å². The molecule has 0 aliphatic heterocycles. The standard InChI is InChI=1S/C14H18N2O5.C2H6.Y/c1-9-13(10(4-6-18-2)8-12(17)19-3)16-21-14(9)11-5-7-20-15-11;1-2;/h5,7,10H,4,6,8H2,1-3H3;1-2H3;. The van der Waals surface area contributed by atoms with Gasteiger partial charge in [0.25, 0.3) is 0 Å². The van der Waals surface area contributed by atoms with E-state index in [0.29, 0.717) is 24.5 Å². The maximum Gasteiger partial charge on any atom is 0.306 e. The molecule has 24 heavy (non-hydrogen) atoms. The van der Waals surface area contributed by atoms with Gasteiger partial charge in [0, 0.05) is 64.0 Å². The zero-order valence-corrected chi connectivity index (χ0v) is 17.7. The molecule has 7 nitrogen and oxygen atoms in total. The number of hydrogen-bond acceptors (Lipinski definition) is 7. The second-order valence-electron chi connectivity index (χ2n) is 4.67. The van der Waals surface area contributed by atoms with Crippen LogP contribution in [-0.2, 0) is 47.0 Å². The first kappa shape index (κ1) is 23.0. The quantitative estimate of drug-likeness (QED) is 0.644. The molecular formula is C16H24N2O5Y. The van der Waals surface area contributed by atoms with Crippen LogP contribution in [0.4, 0.5) is 0 Å². The summed E-state index contributed by atoms with van der Waals surface area (Å²) in [5.74, 6) is 0.134. The molecule has 2 rings (SSSR count). The average molecular weight is 413 g/mol. The molecule has 0 N–H and O–H groups in total. The van der Waals surface area contributed by atoms with Gasteiger partial charge in [-0.05, 0) is 13.3 Å². The SMILES string of the molecule is CC.COCCC(CC(=O)OC)c1noc(-c2ccon2)c1C.[Y]. The normalized spacial score (nSPS) is 11.0. The van der Waals surface area contributed by atoms with Gasteiger partial charge in [-0.3, -0.25) is 4.79 Å². The fraction of sp³-hybridized carbons (Fsp3) is 0.562. The number of esters is 1. The van der Waals surface area contributed by atoms with Gasteiger partial charge in [-0.1, -0.05) is 24.2 Å². The van der Waals surface area contributed by atoms with Crippen molar-refractivity contribution in [2.45, 2.75) is 39.5 Å². The average Bonchev–Trinajstić information content (AvgIpc) is 3.22.